The summed E-state index contributed by atoms with van der Waals surface area (Å²) in [7, 11) is 1.61. The van der Waals surface area contributed by atoms with Crippen LogP contribution in [0, 0.1) is 11.6 Å². The smallest absolute Gasteiger partial charge is 0.169 e. The van der Waals surface area contributed by atoms with Gasteiger partial charge in [0.1, 0.15) is 16.5 Å². The highest BCUT2D eigenvalue weighted by Gasteiger charge is 2.18. The van der Waals surface area contributed by atoms with Crippen molar-refractivity contribution in [2.45, 2.75) is 0 Å². The molecule has 2 aromatic carbocycles. The molecule has 2 rings (SSSR count). The van der Waals surface area contributed by atoms with E-state index in [1.165, 1.54) is 35.2 Å². The molecule has 0 aliphatic heterocycles. The second-order valence-electron chi connectivity index (χ2n) is 4.07. The second kappa shape index (κ2) is 4.93. The van der Waals surface area contributed by atoms with Crippen LogP contribution in [0.15, 0.2) is 30.3 Å². The molecule has 0 amide bonds. The van der Waals surface area contributed by atoms with Crippen molar-refractivity contribution in [3.05, 3.63) is 47.0 Å². The molecule has 0 spiro atoms. The monoisotopic (exact) mass is 283 g/mol. The Morgan fingerprint density at radius 3 is 2.21 bits per heavy atom. The van der Waals surface area contributed by atoms with Crippen LogP contribution in [0.25, 0.3) is 0 Å². The number of halogens is 3. The minimum absolute atomic E-state index is 0.0768. The topological polar surface area (TPSA) is 55.3 Å². The van der Waals surface area contributed by atoms with Gasteiger partial charge in [0.2, 0.25) is 0 Å². The SMILES string of the molecule is CN(c1ccc(F)cc1)c1c(N)cc(N)c(Cl)c1F. The maximum Gasteiger partial charge on any atom is 0.169 e. The molecule has 0 saturated heterocycles. The molecule has 0 bridgehead atoms. The van der Waals surface area contributed by atoms with Crippen LogP contribution in [0.5, 0.6) is 0 Å². The summed E-state index contributed by atoms with van der Waals surface area (Å²) in [5.41, 5.74) is 12.2. The van der Waals surface area contributed by atoms with Gasteiger partial charge in [-0.25, -0.2) is 8.78 Å². The quantitative estimate of drug-likeness (QED) is 0.829. The second-order valence-corrected chi connectivity index (χ2v) is 4.44. The zero-order chi connectivity index (χ0) is 14.2. The highest BCUT2D eigenvalue weighted by Crippen LogP contribution is 2.38. The van der Waals surface area contributed by atoms with Crippen molar-refractivity contribution in [3.63, 3.8) is 0 Å². The third-order valence-electron chi connectivity index (χ3n) is 2.79. The van der Waals surface area contributed by atoms with Gasteiger partial charge in [0.15, 0.2) is 5.82 Å². The van der Waals surface area contributed by atoms with Gasteiger partial charge < -0.3 is 16.4 Å². The number of nitrogen functional groups attached to an aromatic ring is 2. The largest absolute Gasteiger partial charge is 0.397 e. The Morgan fingerprint density at radius 1 is 1.05 bits per heavy atom. The lowest BCUT2D eigenvalue weighted by Crippen LogP contribution is -2.14. The van der Waals surface area contributed by atoms with E-state index in [0.717, 1.165) is 0 Å². The van der Waals surface area contributed by atoms with Gasteiger partial charge in [-0.2, -0.15) is 0 Å². The van der Waals surface area contributed by atoms with Gasteiger partial charge in [-0.1, -0.05) is 11.6 Å². The van der Waals surface area contributed by atoms with E-state index >= 15 is 0 Å². The van der Waals surface area contributed by atoms with E-state index in [2.05, 4.69) is 0 Å². The van der Waals surface area contributed by atoms with Crippen LogP contribution in [-0.2, 0) is 0 Å². The molecule has 0 fully saturated rings. The average molecular weight is 284 g/mol. The van der Waals surface area contributed by atoms with E-state index in [0.29, 0.717) is 5.69 Å². The van der Waals surface area contributed by atoms with Crippen molar-refractivity contribution < 1.29 is 8.78 Å². The van der Waals surface area contributed by atoms with Gasteiger partial charge in [-0.3, -0.25) is 0 Å². The summed E-state index contributed by atoms with van der Waals surface area (Å²) in [6.07, 6.45) is 0. The van der Waals surface area contributed by atoms with Crippen molar-refractivity contribution in [1.82, 2.24) is 0 Å². The number of nitrogens with two attached hydrogens (primary N) is 2. The first-order chi connectivity index (χ1) is 8.91. The molecular formula is C13H12ClF2N3. The predicted octanol–water partition coefficient (Wildman–Crippen LogP) is 3.55. The number of nitrogens with zero attached hydrogens (tertiary/aromatic N) is 1. The molecule has 0 aromatic heterocycles. The minimum Gasteiger partial charge on any atom is -0.397 e. The van der Waals surface area contributed by atoms with Gasteiger partial charge in [0.05, 0.1) is 11.4 Å². The van der Waals surface area contributed by atoms with E-state index in [1.54, 1.807) is 7.05 Å². The summed E-state index contributed by atoms with van der Waals surface area (Å²) < 4.78 is 27.0. The van der Waals surface area contributed by atoms with Crippen LogP contribution in [0.1, 0.15) is 0 Å². The number of hydrogen-bond donors (Lipinski definition) is 2. The Labute approximate surface area is 114 Å². The third-order valence-corrected chi connectivity index (χ3v) is 3.17. The number of rotatable bonds is 2. The van der Waals surface area contributed by atoms with Crippen molar-refractivity contribution >= 4 is 34.4 Å². The highest BCUT2D eigenvalue weighted by atomic mass is 35.5. The average Bonchev–Trinajstić information content (AvgIpc) is 2.37. The van der Waals surface area contributed by atoms with Crippen molar-refractivity contribution in [2.75, 3.05) is 23.4 Å². The number of anilines is 4. The van der Waals surface area contributed by atoms with E-state index in [-0.39, 0.29) is 27.9 Å². The van der Waals surface area contributed by atoms with E-state index in [1.807, 2.05) is 0 Å². The van der Waals surface area contributed by atoms with Gasteiger partial charge in [0.25, 0.3) is 0 Å². The molecule has 0 unspecified atom stereocenters. The van der Waals surface area contributed by atoms with Gasteiger partial charge in [-0.15, -0.1) is 0 Å². The molecule has 2 aromatic rings. The van der Waals surface area contributed by atoms with Gasteiger partial charge in [-0.05, 0) is 30.3 Å². The van der Waals surface area contributed by atoms with Crippen LogP contribution >= 0.6 is 11.6 Å². The van der Waals surface area contributed by atoms with Crippen LogP contribution in [0.3, 0.4) is 0 Å². The van der Waals surface area contributed by atoms with Gasteiger partial charge in [0, 0.05) is 12.7 Å². The molecule has 0 aliphatic rings. The molecular weight excluding hydrogens is 272 g/mol. The summed E-state index contributed by atoms with van der Waals surface area (Å²) >= 11 is 5.77. The Morgan fingerprint density at radius 2 is 1.63 bits per heavy atom. The molecule has 0 aliphatic carbocycles. The molecule has 4 N–H and O–H groups in total. The van der Waals surface area contributed by atoms with Crippen LogP contribution in [0.2, 0.25) is 5.02 Å². The van der Waals surface area contributed by atoms with E-state index < -0.39 is 5.82 Å². The lowest BCUT2D eigenvalue weighted by atomic mass is 10.2. The maximum atomic E-state index is 14.1. The lowest BCUT2D eigenvalue weighted by molar-refractivity contribution is 0.626. The van der Waals surface area contributed by atoms with E-state index in [4.69, 9.17) is 23.1 Å². The molecule has 19 heavy (non-hydrogen) atoms. The predicted molar refractivity (Wildman–Crippen MR) is 74.7 cm³/mol. The van der Waals surface area contributed by atoms with Crippen molar-refractivity contribution in [1.29, 1.82) is 0 Å². The van der Waals surface area contributed by atoms with Gasteiger partial charge >= 0.3 is 0 Å². The third kappa shape index (κ3) is 2.42. The molecule has 3 nitrogen and oxygen atoms in total. The zero-order valence-electron chi connectivity index (χ0n) is 10.1. The maximum absolute atomic E-state index is 14.1. The molecule has 6 heteroatoms. The fourth-order valence-electron chi connectivity index (χ4n) is 1.79. The minimum atomic E-state index is -0.703. The van der Waals surface area contributed by atoms with E-state index in [9.17, 15) is 8.78 Å². The summed E-state index contributed by atoms with van der Waals surface area (Å²) in [6.45, 7) is 0. The summed E-state index contributed by atoms with van der Waals surface area (Å²) in [5, 5.41) is -0.182. The molecule has 0 saturated carbocycles. The van der Waals surface area contributed by atoms with Crippen LogP contribution < -0.4 is 16.4 Å². The Bertz CT molecular complexity index is 614. The fraction of sp³-hybridized carbons (Fsp3) is 0.0769. The standard InChI is InChI=1S/C13H12ClF2N3/c1-19(8-4-2-7(15)3-5-8)13-10(18)6-9(17)11(14)12(13)16/h2-6H,17-18H2,1H3. The number of benzene rings is 2. The molecule has 100 valence electrons. The highest BCUT2D eigenvalue weighted by molar-refractivity contribution is 6.33. The number of hydrogen-bond acceptors (Lipinski definition) is 3. The van der Waals surface area contributed by atoms with Crippen molar-refractivity contribution in [2.24, 2.45) is 0 Å². The molecule has 0 heterocycles. The first kappa shape index (κ1) is 13.4. The van der Waals surface area contributed by atoms with Crippen LogP contribution in [-0.4, -0.2) is 7.05 Å². The lowest BCUT2D eigenvalue weighted by Gasteiger charge is -2.22. The fourth-order valence-corrected chi connectivity index (χ4v) is 1.94. The first-order valence-corrected chi connectivity index (χ1v) is 5.82. The first-order valence-electron chi connectivity index (χ1n) is 5.44. The molecule has 0 radical (unpaired) electrons. The Balaban J connectivity index is 2.53. The zero-order valence-corrected chi connectivity index (χ0v) is 10.9. The normalized spacial score (nSPS) is 10.5. The Kier molecular flexibility index (Phi) is 3.48. The summed E-state index contributed by atoms with van der Waals surface area (Å²) in [4.78, 5) is 1.48. The van der Waals surface area contributed by atoms with Crippen molar-refractivity contribution in [3.8, 4) is 0 Å². The summed E-state index contributed by atoms with van der Waals surface area (Å²) in [6, 6.07) is 6.97. The van der Waals surface area contributed by atoms with Crippen LogP contribution in [0.4, 0.5) is 31.5 Å². The summed E-state index contributed by atoms with van der Waals surface area (Å²) in [5.74, 6) is -1.08. The Hall–Kier alpha value is -2.01. The molecule has 0 atom stereocenters.